The maximum absolute atomic E-state index is 6.60. The minimum absolute atomic E-state index is 0. The molecule has 3 aliphatic carbocycles. The van der Waals surface area contributed by atoms with Crippen molar-refractivity contribution in [1.82, 2.24) is 14.1 Å². The van der Waals surface area contributed by atoms with Gasteiger partial charge in [0.2, 0.25) is 0 Å². The van der Waals surface area contributed by atoms with Gasteiger partial charge in [0.25, 0.3) is 6.33 Å². The zero-order valence-corrected chi connectivity index (χ0v) is 36.0. The molecule has 3 aromatic heterocycles. The molecule has 0 saturated heterocycles. The van der Waals surface area contributed by atoms with Crippen molar-refractivity contribution in [2.45, 2.75) is 43.4 Å². The Kier molecular flexibility index (Phi) is 7.72. The molecule has 0 amide bonds. The number of fused-ring (bicyclic) bond motifs is 11. The van der Waals surface area contributed by atoms with Crippen LogP contribution in [0.1, 0.15) is 71.6 Å². The summed E-state index contributed by atoms with van der Waals surface area (Å²) in [6.45, 7) is 6.68. The van der Waals surface area contributed by atoms with Gasteiger partial charge in [-0.3, -0.25) is 4.57 Å². The molecule has 0 bridgehead atoms. The zero-order valence-electron chi connectivity index (χ0n) is 33.8. The number of nitrogens with zero attached hydrogens (tertiary/aromatic N) is 4. The van der Waals surface area contributed by atoms with Crippen molar-refractivity contribution in [2.75, 3.05) is 0 Å². The maximum atomic E-state index is 6.60. The SMILES string of the molecule is CC(C)(C)c1ccnc(-n2c3[c-]c(Oc4[c-]c(-n5[c-][n+](-c6ccc7c(c6)C6c8ccccc8C68c6ccccc6C78)c6ccccc65)ccc4)ccc3c3ccccc32)c1.[Pt]. The number of aromatic nitrogens is 4. The van der Waals surface area contributed by atoms with E-state index >= 15 is 0 Å². The van der Waals surface area contributed by atoms with E-state index in [0.717, 1.165) is 50.0 Å². The summed E-state index contributed by atoms with van der Waals surface area (Å²) in [5.74, 6) is 2.80. The molecule has 0 saturated carbocycles. The predicted octanol–water partition coefficient (Wildman–Crippen LogP) is 11.8. The van der Waals surface area contributed by atoms with Crippen molar-refractivity contribution < 1.29 is 30.4 Å². The van der Waals surface area contributed by atoms with Crippen LogP contribution in [-0.2, 0) is 31.9 Å². The van der Waals surface area contributed by atoms with E-state index in [4.69, 9.17) is 9.72 Å². The van der Waals surface area contributed by atoms with Gasteiger partial charge in [0.1, 0.15) is 5.82 Å². The molecule has 5 nitrogen and oxygen atoms in total. The molecule has 3 unspecified atom stereocenters. The van der Waals surface area contributed by atoms with Gasteiger partial charge in [-0.2, -0.15) is 18.2 Å². The van der Waals surface area contributed by atoms with Crippen LogP contribution in [0, 0.1) is 18.5 Å². The number of ether oxygens (including phenoxy) is 1. The van der Waals surface area contributed by atoms with Gasteiger partial charge in [-0.15, -0.1) is 29.7 Å². The van der Waals surface area contributed by atoms with Crippen LogP contribution >= 0.6 is 0 Å². The molecular weight excluding hydrogens is 928 g/mol. The Labute approximate surface area is 368 Å². The second-order valence-corrected chi connectivity index (χ2v) is 17.6. The van der Waals surface area contributed by atoms with E-state index in [1.807, 2.05) is 24.4 Å². The average molecular weight is 966 g/mol. The summed E-state index contributed by atoms with van der Waals surface area (Å²) in [6.07, 6.45) is 5.63. The van der Waals surface area contributed by atoms with E-state index in [1.165, 1.54) is 38.9 Å². The minimum atomic E-state index is -0.0164. The molecule has 10 aromatic rings. The first-order valence-corrected chi connectivity index (χ1v) is 20.8. The smallest absolute Gasteiger partial charge is 0.268 e. The monoisotopic (exact) mass is 965 g/mol. The van der Waals surface area contributed by atoms with Crippen LogP contribution in [-0.4, -0.2) is 14.1 Å². The van der Waals surface area contributed by atoms with Crippen LogP contribution in [0.4, 0.5) is 0 Å². The Bertz CT molecular complexity index is 3440. The van der Waals surface area contributed by atoms with E-state index < -0.39 is 0 Å². The quantitative estimate of drug-likeness (QED) is 0.127. The second-order valence-electron chi connectivity index (χ2n) is 17.6. The summed E-state index contributed by atoms with van der Waals surface area (Å²) in [5.41, 5.74) is 16.1. The van der Waals surface area contributed by atoms with Gasteiger partial charge < -0.3 is 13.9 Å². The molecule has 13 rings (SSSR count). The van der Waals surface area contributed by atoms with E-state index in [2.05, 4.69) is 192 Å². The van der Waals surface area contributed by atoms with Crippen LogP contribution in [0.25, 0.3) is 50.0 Å². The van der Waals surface area contributed by atoms with E-state index in [9.17, 15) is 0 Å². The Morgan fingerprint density at radius 1 is 0.623 bits per heavy atom. The maximum Gasteiger partial charge on any atom is 0.268 e. The number of benzene rings is 7. The molecule has 3 atom stereocenters. The van der Waals surface area contributed by atoms with Crippen molar-refractivity contribution in [3.63, 3.8) is 0 Å². The Hall–Kier alpha value is -6.55. The number of hydrogen-bond donors (Lipinski definition) is 0. The normalized spacial score (nSPS) is 18.0. The first kappa shape index (κ1) is 36.3. The number of para-hydroxylation sites is 3. The van der Waals surface area contributed by atoms with Crippen molar-refractivity contribution >= 4 is 32.8 Å². The predicted molar refractivity (Wildman–Crippen MR) is 236 cm³/mol. The average Bonchev–Trinajstić information content (AvgIpc) is 3.88. The van der Waals surface area contributed by atoms with E-state index in [1.54, 1.807) is 0 Å². The molecule has 3 heterocycles. The van der Waals surface area contributed by atoms with Crippen molar-refractivity contribution in [3.8, 4) is 28.7 Å². The van der Waals surface area contributed by atoms with Crippen LogP contribution < -0.4 is 9.30 Å². The summed E-state index contributed by atoms with van der Waals surface area (Å²) in [4.78, 5) is 4.84. The van der Waals surface area contributed by atoms with Crippen LogP contribution in [0.5, 0.6) is 11.5 Å². The minimum Gasteiger partial charge on any atom is -0.510 e. The molecule has 0 aliphatic heterocycles. The van der Waals surface area contributed by atoms with Gasteiger partial charge in [0, 0.05) is 61.5 Å². The summed E-state index contributed by atoms with van der Waals surface area (Å²) in [6, 6.07) is 63.8. The van der Waals surface area contributed by atoms with Gasteiger partial charge in [-0.1, -0.05) is 123 Å². The van der Waals surface area contributed by atoms with E-state index in [0.29, 0.717) is 23.3 Å². The fourth-order valence-electron chi connectivity index (χ4n) is 10.9. The fourth-order valence-corrected chi connectivity index (χ4v) is 10.9. The molecule has 1 spiro atoms. The molecular formula is C55H38N4OPt-2. The van der Waals surface area contributed by atoms with Gasteiger partial charge >= 0.3 is 0 Å². The first-order chi connectivity index (χ1) is 29.4. The Morgan fingerprint density at radius 2 is 1.33 bits per heavy atom. The molecule has 296 valence electrons. The van der Waals surface area contributed by atoms with Crippen LogP contribution in [0.15, 0.2) is 164 Å². The van der Waals surface area contributed by atoms with Crippen LogP contribution in [0.2, 0.25) is 0 Å². The third-order valence-corrected chi connectivity index (χ3v) is 13.5. The zero-order chi connectivity index (χ0) is 39.9. The molecule has 0 fully saturated rings. The number of hydrogen-bond acceptors (Lipinski definition) is 2. The molecule has 6 heteroatoms. The number of pyridine rings is 1. The first-order valence-electron chi connectivity index (χ1n) is 20.8. The topological polar surface area (TPSA) is 35.9 Å². The summed E-state index contributed by atoms with van der Waals surface area (Å²) < 4.78 is 13.1. The Morgan fingerprint density at radius 3 is 2.13 bits per heavy atom. The fraction of sp³-hybridized carbons (Fsp3) is 0.127. The molecule has 0 radical (unpaired) electrons. The Balaban J connectivity index is 0.00000399. The van der Waals surface area contributed by atoms with Crippen molar-refractivity contribution in [1.29, 1.82) is 0 Å². The third kappa shape index (κ3) is 4.93. The second kappa shape index (κ2) is 13.0. The van der Waals surface area contributed by atoms with Gasteiger partial charge in [0.05, 0.1) is 16.7 Å². The molecule has 61 heavy (non-hydrogen) atoms. The van der Waals surface area contributed by atoms with Gasteiger partial charge in [-0.05, 0) is 85.8 Å². The van der Waals surface area contributed by atoms with Crippen molar-refractivity contribution in [2.24, 2.45) is 0 Å². The number of rotatable bonds is 5. The molecule has 7 aromatic carbocycles. The third-order valence-electron chi connectivity index (χ3n) is 13.5. The largest absolute Gasteiger partial charge is 0.510 e. The summed E-state index contributed by atoms with van der Waals surface area (Å²) >= 11 is 0. The van der Waals surface area contributed by atoms with Crippen LogP contribution in [0.3, 0.4) is 0 Å². The van der Waals surface area contributed by atoms with Crippen molar-refractivity contribution in [3.05, 3.63) is 221 Å². The van der Waals surface area contributed by atoms with Gasteiger partial charge in [-0.25, -0.2) is 4.98 Å². The van der Waals surface area contributed by atoms with E-state index in [-0.39, 0.29) is 31.9 Å². The standard InChI is InChI=1S/C55H38N4O.Pt/c1-54(2,3)34-27-28-56-51(29-34)59-47-20-9-6-15-39(47)40-26-24-38(32-50(40)59)60-37-14-12-13-35(30-37)57-33-58(49-22-11-10-21-48(49)57)36-23-25-41-44(31-36)53-43-17-5-8-19-46(43)55(53)45-18-7-4-16-42(45)52(41)55;/h4-29,31,52-53H,1-3H3;/q-2;. The summed E-state index contributed by atoms with van der Waals surface area (Å²) in [5, 5.41) is 2.24. The molecule has 3 aliphatic rings. The summed E-state index contributed by atoms with van der Waals surface area (Å²) in [7, 11) is 0. The number of imidazole rings is 1. The molecule has 0 N–H and O–H groups in total. The van der Waals surface area contributed by atoms with Gasteiger partial charge in [0.15, 0.2) is 0 Å².